The Bertz CT molecular complexity index is 1360. The lowest BCUT2D eigenvalue weighted by Gasteiger charge is -2.39. The quantitative estimate of drug-likeness (QED) is 0.280. The number of rotatable bonds is 10. The van der Waals surface area contributed by atoms with E-state index in [-0.39, 0.29) is 24.2 Å². The summed E-state index contributed by atoms with van der Waals surface area (Å²) >= 11 is 0. The number of hydrogen-bond donors (Lipinski definition) is 2. The van der Waals surface area contributed by atoms with E-state index in [1.165, 1.54) is 5.56 Å². The van der Waals surface area contributed by atoms with Crippen LogP contribution >= 0.6 is 0 Å². The third kappa shape index (κ3) is 5.06. The molecule has 0 saturated carbocycles. The van der Waals surface area contributed by atoms with Gasteiger partial charge in [0.1, 0.15) is 17.2 Å². The molecule has 2 N–H and O–H groups in total. The van der Waals surface area contributed by atoms with Crippen LogP contribution in [0.15, 0.2) is 54.6 Å². The molecule has 5 nitrogen and oxygen atoms in total. The van der Waals surface area contributed by atoms with E-state index in [0.29, 0.717) is 5.75 Å². The van der Waals surface area contributed by atoms with Crippen molar-refractivity contribution in [2.45, 2.75) is 83.5 Å². The number of aryl methyl sites for hydroxylation is 1. The number of benzene rings is 3. The molecule has 1 unspecified atom stereocenters. The molecule has 4 atom stereocenters. The summed E-state index contributed by atoms with van der Waals surface area (Å²) in [5.41, 5.74) is 4.31. The summed E-state index contributed by atoms with van der Waals surface area (Å²) in [6, 6.07) is 17.7. The van der Waals surface area contributed by atoms with Crippen LogP contribution in [0, 0.1) is 0 Å². The average molecular weight is 552 g/mol. The van der Waals surface area contributed by atoms with Crippen LogP contribution in [0.3, 0.4) is 0 Å². The van der Waals surface area contributed by atoms with E-state index in [1.54, 1.807) is 26.0 Å². The molecule has 3 aromatic carbocycles. The average Bonchev–Trinajstić information content (AvgIpc) is 3.28. The van der Waals surface area contributed by atoms with Gasteiger partial charge >= 0.3 is 0 Å². The van der Waals surface area contributed by atoms with Gasteiger partial charge in [-0.2, -0.15) is 0 Å². The van der Waals surface area contributed by atoms with Gasteiger partial charge in [0.15, 0.2) is 0 Å². The molecule has 0 saturated heterocycles. The van der Waals surface area contributed by atoms with Crippen LogP contribution in [-0.4, -0.2) is 41.6 Å². The zero-order valence-corrected chi connectivity index (χ0v) is 23.7. The zero-order valence-electron chi connectivity index (χ0n) is 23.7. The fraction of sp³-hybridized carbons (Fsp3) is 0.455. The molecule has 3 aromatic rings. The summed E-state index contributed by atoms with van der Waals surface area (Å²) in [6.45, 7) is 9.28. The van der Waals surface area contributed by atoms with Crippen LogP contribution in [0.25, 0.3) is 0 Å². The Morgan fingerprint density at radius 1 is 0.925 bits per heavy atom. The van der Waals surface area contributed by atoms with E-state index >= 15 is 0 Å². The smallest absolute Gasteiger partial charge is 0.267 e. The summed E-state index contributed by atoms with van der Waals surface area (Å²) in [5, 5.41) is 19.9. The van der Waals surface area contributed by atoms with Crippen molar-refractivity contribution in [3.8, 4) is 17.2 Å². The Morgan fingerprint density at radius 3 is 2.35 bits per heavy atom. The fourth-order valence-corrected chi connectivity index (χ4v) is 6.57. The predicted octanol–water partition coefficient (Wildman–Crippen LogP) is 7.15. The van der Waals surface area contributed by atoms with Crippen LogP contribution in [0.4, 0.5) is 14.5 Å². The van der Waals surface area contributed by atoms with Crippen molar-refractivity contribution in [3.63, 3.8) is 0 Å². The van der Waals surface area contributed by atoms with E-state index in [4.69, 9.17) is 9.47 Å². The third-order valence-electron chi connectivity index (χ3n) is 8.37. The first-order chi connectivity index (χ1) is 19.2. The Kier molecular flexibility index (Phi) is 8.07. The van der Waals surface area contributed by atoms with E-state index in [2.05, 4.69) is 49.1 Å². The maximum Gasteiger partial charge on any atom is 0.267 e. The maximum absolute atomic E-state index is 14.6. The molecule has 40 heavy (non-hydrogen) atoms. The van der Waals surface area contributed by atoms with Gasteiger partial charge < -0.3 is 24.6 Å². The highest BCUT2D eigenvalue weighted by molar-refractivity contribution is 5.70. The Hall–Kier alpha value is -3.16. The van der Waals surface area contributed by atoms with Crippen LogP contribution in [-0.2, 0) is 11.8 Å². The molecule has 1 aliphatic heterocycles. The fourth-order valence-electron chi connectivity index (χ4n) is 6.57. The van der Waals surface area contributed by atoms with Gasteiger partial charge in [-0.3, -0.25) is 0 Å². The number of aliphatic hydroxyl groups is 2. The first-order valence-corrected chi connectivity index (χ1v) is 14.3. The van der Waals surface area contributed by atoms with Gasteiger partial charge in [-0.1, -0.05) is 30.3 Å². The van der Waals surface area contributed by atoms with E-state index < -0.39 is 30.2 Å². The van der Waals surface area contributed by atoms with Crippen molar-refractivity contribution >= 4 is 5.69 Å². The highest BCUT2D eigenvalue weighted by Crippen LogP contribution is 2.59. The van der Waals surface area contributed by atoms with Crippen molar-refractivity contribution in [2.24, 2.45) is 0 Å². The lowest BCUT2D eigenvalue weighted by Crippen LogP contribution is -2.31. The number of aliphatic hydroxyl groups excluding tert-OH is 2. The van der Waals surface area contributed by atoms with Gasteiger partial charge in [-0.15, -0.1) is 0 Å². The second-order valence-corrected chi connectivity index (χ2v) is 11.1. The summed E-state index contributed by atoms with van der Waals surface area (Å²) < 4.78 is 41.7. The SMILES string of the molecule is CCN(CC)c1ccc2c(c1)Oc1cc(O[C@H](C)C[C@@H](O)C[C@@H](C)O)c(C(F)F)cc1C21CCc2ccccc21. The Labute approximate surface area is 235 Å². The van der Waals surface area contributed by atoms with Gasteiger partial charge in [-0.05, 0) is 70.2 Å². The van der Waals surface area contributed by atoms with Gasteiger partial charge in [0.25, 0.3) is 6.43 Å². The second-order valence-electron chi connectivity index (χ2n) is 11.1. The number of anilines is 1. The van der Waals surface area contributed by atoms with Crippen LogP contribution in [0.2, 0.25) is 0 Å². The van der Waals surface area contributed by atoms with Crippen molar-refractivity contribution in [3.05, 3.63) is 82.4 Å². The molecule has 1 heterocycles. The molecule has 0 bridgehead atoms. The molecule has 0 amide bonds. The third-order valence-corrected chi connectivity index (χ3v) is 8.37. The number of ether oxygens (including phenoxy) is 2. The van der Waals surface area contributed by atoms with Crippen molar-refractivity contribution < 1.29 is 28.5 Å². The van der Waals surface area contributed by atoms with Crippen molar-refractivity contribution in [1.29, 1.82) is 0 Å². The standard InChI is InChI=1S/C33H39F2NO4/c1-5-36(6-2)23-11-12-27-30(17-23)40-31-19-29(39-21(4)16-24(38)15-20(3)37)25(32(34)35)18-28(31)33(27)14-13-22-9-7-8-10-26(22)33/h7-12,17-21,24,32,37-38H,5-6,13-16H2,1-4H3/t20-,21-,24+,33?/m1/s1. The maximum atomic E-state index is 14.6. The minimum atomic E-state index is -2.75. The zero-order chi connectivity index (χ0) is 28.6. The molecular formula is C33H39F2NO4. The summed E-state index contributed by atoms with van der Waals surface area (Å²) in [5.74, 6) is 1.29. The molecule has 0 fully saturated rings. The summed E-state index contributed by atoms with van der Waals surface area (Å²) in [6.07, 6.45) is -2.77. The van der Waals surface area contributed by atoms with Gasteiger partial charge in [0, 0.05) is 48.5 Å². The van der Waals surface area contributed by atoms with Crippen LogP contribution in [0.1, 0.15) is 81.2 Å². The number of alkyl halides is 2. The van der Waals surface area contributed by atoms with Gasteiger partial charge in [0.2, 0.25) is 0 Å². The van der Waals surface area contributed by atoms with E-state index in [9.17, 15) is 19.0 Å². The number of halogens is 2. The highest BCUT2D eigenvalue weighted by atomic mass is 19.3. The normalized spacial score (nSPS) is 19.4. The van der Waals surface area contributed by atoms with Gasteiger partial charge in [0.05, 0.1) is 29.3 Å². The molecule has 1 spiro atoms. The first-order valence-electron chi connectivity index (χ1n) is 14.3. The van der Waals surface area contributed by atoms with Crippen LogP contribution in [0.5, 0.6) is 17.2 Å². The molecule has 0 radical (unpaired) electrons. The highest BCUT2D eigenvalue weighted by Gasteiger charge is 2.48. The monoisotopic (exact) mass is 551 g/mol. The topological polar surface area (TPSA) is 62.2 Å². The largest absolute Gasteiger partial charge is 0.490 e. The lowest BCUT2D eigenvalue weighted by atomic mass is 9.68. The number of hydrogen-bond acceptors (Lipinski definition) is 5. The number of fused-ring (bicyclic) bond motifs is 6. The molecule has 5 rings (SSSR count). The molecule has 0 aromatic heterocycles. The second kappa shape index (κ2) is 11.4. The molecule has 1 aliphatic carbocycles. The predicted molar refractivity (Wildman–Crippen MR) is 153 cm³/mol. The van der Waals surface area contributed by atoms with Crippen molar-refractivity contribution in [2.75, 3.05) is 18.0 Å². The minimum absolute atomic E-state index is 0.0512. The molecule has 7 heteroatoms. The Morgan fingerprint density at radius 2 is 1.65 bits per heavy atom. The Balaban J connectivity index is 1.63. The first kappa shape index (κ1) is 28.4. The molecule has 2 aliphatic rings. The lowest BCUT2D eigenvalue weighted by molar-refractivity contribution is 0.0557. The van der Waals surface area contributed by atoms with E-state index in [1.807, 2.05) is 12.1 Å². The van der Waals surface area contributed by atoms with Gasteiger partial charge in [-0.25, -0.2) is 8.78 Å². The van der Waals surface area contributed by atoms with E-state index in [0.717, 1.165) is 54.1 Å². The summed E-state index contributed by atoms with van der Waals surface area (Å²) in [7, 11) is 0. The minimum Gasteiger partial charge on any atom is -0.490 e. The van der Waals surface area contributed by atoms with Crippen LogP contribution < -0.4 is 14.4 Å². The molecule has 214 valence electrons. The van der Waals surface area contributed by atoms with Crippen molar-refractivity contribution in [1.82, 2.24) is 0 Å². The number of nitrogens with zero attached hydrogens (tertiary/aromatic N) is 1. The molecular weight excluding hydrogens is 512 g/mol. The summed E-state index contributed by atoms with van der Waals surface area (Å²) in [4.78, 5) is 2.25.